The van der Waals surface area contributed by atoms with E-state index in [4.69, 9.17) is 14.6 Å². The molecule has 1 fully saturated rings. The summed E-state index contributed by atoms with van der Waals surface area (Å²) >= 11 is 0. The second-order valence-corrected chi connectivity index (χ2v) is 10.6. The monoisotopic (exact) mass is 569 g/mol. The van der Waals surface area contributed by atoms with Crippen LogP contribution in [0.3, 0.4) is 0 Å². The van der Waals surface area contributed by atoms with Crippen LogP contribution in [0.5, 0.6) is 5.88 Å². The van der Waals surface area contributed by atoms with E-state index in [-0.39, 0.29) is 24.2 Å². The summed E-state index contributed by atoms with van der Waals surface area (Å²) < 4.78 is 28.8. The summed E-state index contributed by atoms with van der Waals surface area (Å²) in [5, 5.41) is 10.0. The SMILES string of the molecule is COCCN1C[C@@H](CC(=O)Oc2c(C)c(-c3cnc4c(cnn4C)c3)nn2-c2ccccc2)[C@H](c2ccnc(F)c2)C1. The molecule has 0 saturated carbocycles. The molecule has 1 saturated heterocycles. The molecule has 0 N–H and O–H groups in total. The van der Waals surface area contributed by atoms with Gasteiger partial charge in [0.25, 0.3) is 0 Å². The average molecular weight is 570 g/mol. The first kappa shape index (κ1) is 27.7. The Morgan fingerprint density at radius 3 is 2.71 bits per heavy atom. The molecule has 10 nitrogen and oxygen atoms in total. The molecule has 0 unspecified atom stereocenters. The van der Waals surface area contributed by atoms with Crippen molar-refractivity contribution in [2.24, 2.45) is 13.0 Å². The summed E-state index contributed by atoms with van der Waals surface area (Å²) in [4.78, 5) is 24.1. The van der Waals surface area contributed by atoms with Crippen LogP contribution in [0.15, 0.2) is 67.1 Å². The Morgan fingerprint density at radius 1 is 1.10 bits per heavy atom. The molecule has 11 heteroatoms. The van der Waals surface area contributed by atoms with Crippen molar-refractivity contribution >= 4 is 17.0 Å². The molecule has 1 aliphatic rings. The first-order chi connectivity index (χ1) is 20.4. The molecule has 0 aliphatic carbocycles. The number of para-hydroxylation sites is 1. The van der Waals surface area contributed by atoms with Gasteiger partial charge in [-0.3, -0.25) is 9.48 Å². The summed E-state index contributed by atoms with van der Waals surface area (Å²) in [6.45, 7) is 4.56. The van der Waals surface area contributed by atoms with Gasteiger partial charge in [-0.15, -0.1) is 0 Å². The Labute approximate surface area is 242 Å². The number of pyridine rings is 2. The summed E-state index contributed by atoms with van der Waals surface area (Å²) in [6.07, 6.45) is 5.15. The summed E-state index contributed by atoms with van der Waals surface area (Å²) in [6, 6.07) is 14.8. The number of ether oxygens (including phenoxy) is 2. The maximum absolute atomic E-state index is 14.0. The number of methoxy groups -OCH3 is 1. The molecule has 6 rings (SSSR count). The number of likely N-dealkylation sites (tertiary alicyclic amines) is 1. The molecule has 0 amide bonds. The van der Waals surface area contributed by atoms with E-state index >= 15 is 0 Å². The number of aromatic nitrogens is 6. The Morgan fingerprint density at radius 2 is 1.93 bits per heavy atom. The second-order valence-electron chi connectivity index (χ2n) is 10.6. The molecule has 4 aromatic heterocycles. The molecule has 1 aromatic carbocycles. The highest BCUT2D eigenvalue weighted by molar-refractivity contribution is 5.81. The van der Waals surface area contributed by atoms with Crippen molar-refractivity contribution in [1.29, 1.82) is 0 Å². The van der Waals surface area contributed by atoms with Gasteiger partial charge in [-0.25, -0.2) is 9.97 Å². The number of carbonyl (C=O) groups excluding carboxylic acids is 1. The maximum Gasteiger partial charge on any atom is 0.312 e. The van der Waals surface area contributed by atoms with Crippen molar-refractivity contribution in [3.8, 4) is 22.8 Å². The van der Waals surface area contributed by atoms with Crippen LogP contribution in [0, 0.1) is 18.8 Å². The van der Waals surface area contributed by atoms with Crippen LogP contribution in [0.1, 0.15) is 23.5 Å². The zero-order chi connectivity index (χ0) is 29.2. The van der Waals surface area contributed by atoms with Crippen LogP contribution in [0.4, 0.5) is 4.39 Å². The molecular formula is C31H32FN7O3. The summed E-state index contributed by atoms with van der Waals surface area (Å²) in [5.74, 6) is -0.659. The predicted molar refractivity (Wildman–Crippen MR) is 155 cm³/mol. The van der Waals surface area contributed by atoms with Crippen LogP contribution in [-0.2, 0) is 16.6 Å². The zero-order valence-corrected chi connectivity index (χ0v) is 23.8. The highest BCUT2D eigenvalue weighted by atomic mass is 19.1. The Kier molecular flexibility index (Phi) is 7.77. The van der Waals surface area contributed by atoms with Gasteiger partial charge < -0.3 is 14.4 Å². The minimum atomic E-state index is -0.530. The zero-order valence-electron chi connectivity index (χ0n) is 23.8. The molecule has 5 heterocycles. The fourth-order valence-electron chi connectivity index (χ4n) is 5.75. The van der Waals surface area contributed by atoms with Gasteiger partial charge in [0.1, 0.15) is 5.69 Å². The normalized spacial score (nSPS) is 17.2. The highest BCUT2D eigenvalue weighted by Crippen LogP contribution is 2.37. The van der Waals surface area contributed by atoms with Gasteiger partial charge in [-0.05, 0) is 48.7 Å². The third kappa shape index (κ3) is 5.53. The first-order valence-corrected chi connectivity index (χ1v) is 13.9. The van der Waals surface area contributed by atoms with E-state index < -0.39 is 5.95 Å². The van der Waals surface area contributed by atoms with E-state index in [2.05, 4.69) is 20.0 Å². The largest absolute Gasteiger partial charge is 0.407 e. The number of hydrogen-bond acceptors (Lipinski definition) is 8. The minimum Gasteiger partial charge on any atom is -0.407 e. The standard InChI is InChI=1S/C31H32FN7O3/c1-20-29(22-13-23-17-35-37(2)30(23)34-16-22)36-39(25-7-5-4-6-8-25)31(20)42-28(40)15-24-18-38(11-12-41-3)19-26(24)21-9-10-33-27(32)14-21/h4-10,13-14,16-17,24,26H,11-12,15,18-19H2,1-3H3/t24-,26+/m1/s1. The number of esters is 1. The number of hydrogen-bond donors (Lipinski definition) is 0. The molecule has 0 bridgehead atoms. The van der Waals surface area contributed by atoms with Gasteiger partial charge in [-0.2, -0.15) is 19.3 Å². The molecule has 2 atom stereocenters. The average Bonchev–Trinajstić information content (AvgIpc) is 3.67. The van der Waals surface area contributed by atoms with E-state index in [9.17, 15) is 9.18 Å². The van der Waals surface area contributed by atoms with E-state index in [1.165, 1.54) is 12.3 Å². The number of benzene rings is 1. The predicted octanol–water partition coefficient (Wildman–Crippen LogP) is 4.32. The minimum absolute atomic E-state index is 0.0418. The number of aryl methyl sites for hydroxylation is 1. The van der Waals surface area contributed by atoms with Gasteiger partial charge >= 0.3 is 5.97 Å². The van der Waals surface area contributed by atoms with E-state index in [1.807, 2.05) is 56.4 Å². The fraction of sp³-hybridized carbons (Fsp3) is 0.323. The first-order valence-electron chi connectivity index (χ1n) is 13.9. The highest BCUT2D eigenvalue weighted by Gasteiger charge is 2.36. The van der Waals surface area contributed by atoms with Gasteiger partial charge in [-0.1, -0.05) is 18.2 Å². The Bertz CT molecular complexity index is 1720. The lowest BCUT2D eigenvalue weighted by Crippen LogP contribution is -2.25. The van der Waals surface area contributed by atoms with E-state index in [0.717, 1.165) is 40.0 Å². The molecule has 1 aliphatic heterocycles. The van der Waals surface area contributed by atoms with Crippen LogP contribution in [0.2, 0.25) is 0 Å². The quantitative estimate of drug-likeness (QED) is 0.191. The van der Waals surface area contributed by atoms with E-state index in [0.29, 0.717) is 31.3 Å². The fourth-order valence-corrected chi connectivity index (χ4v) is 5.75. The van der Waals surface area contributed by atoms with Crippen molar-refractivity contribution in [3.05, 3.63) is 84.2 Å². The third-order valence-electron chi connectivity index (χ3n) is 7.86. The molecule has 0 spiro atoms. The van der Waals surface area contributed by atoms with Crippen LogP contribution in [0.25, 0.3) is 28.0 Å². The molecular weight excluding hydrogens is 537 g/mol. The number of rotatable bonds is 9. The summed E-state index contributed by atoms with van der Waals surface area (Å²) in [5.41, 5.74) is 4.54. The lowest BCUT2D eigenvalue weighted by molar-refractivity contribution is -0.135. The van der Waals surface area contributed by atoms with Crippen molar-refractivity contribution in [2.45, 2.75) is 19.3 Å². The third-order valence-corrected chi connectivity index (χ3v) is 7.86. The lowest BCUT2D eigenvalue weighted by Gasteiger charge is -2.18. The number of carbonyl (C=O) groups is 1. The number of halogens is 1. The van der Waals surface area contributed by atoms with E-state index in [1.54, 1.807) is 28.9 Å². The summed E-state index contributed by atoms with van der Waals surface area (Å²) in [7, 11) is 3.51. The van der Waals surface area contributed by atoms with Crippen molar-refractivity contribution < 1.29 is 18.7 Å². The molecule has 0 radical (unpaired) electrons. The van der Waals surface area contributed by atoms with Crippen molar-refractivity contribution in [1.82, 2.24) is 34.4 Å². The van der Waals surface area contributed by atoms with Crippen LogP contribution >= 0.6 is 0 Å². The Balaban J connectivity index is 1.30. The Hall–Kier alpha value is -4.48. The maximum atomic E-state index is 14.0. The van der Waals surface area contributed by atoms with Gasteiger partial charge in [0.2, 0.25) is 11.8 Å². The topological polar surface area (TPSA) is 100 Å². The van der Waals surface area contributed by atoms with Gasteiger partial charge in [0.15, 0.2) is 5.65 Å². The molecule has 216 valence electrons. The smallest absolute Gasteiger partial charge is 0.312 e. The second kappa shape index (κ2) is 11.8. The van der Waals surface area contributed by atoms with Gasteiger partial charge in [0.05, 0.1) is 24.9 Å². The van der Waals surface area contributed by atoms with Crippen LogP contribution in [-0.4, -0.2) is 73.7 Å². The lowest BCUT2D eigenvalue weighted by atomic mass is 9.87. The van der Waals surface area contributed by atoms with Crippen molar-refractivity contribution in [3.63, 3.8) is 0 Å². The van der Waals surface area contributed by atoms with Crippen LogP contribution < -0.4 is 4.74 Å². The number of fused-ring (bicyclic) bond motifs is 1. The molecule has 5 aromatic rings. The van der Waals surface area contributed by atoms with Crippen molar-refractivity contribution in [2.75, 3.05) is 33.4 Å². The molecule has 42 heavy (non-hydrogen) atoms. The van der Waals surface area contributed by atoms with Gasteiger partial charge in [0, 0.05) is 68.6 Å². The number of nitrogens with zero attached hydrogens (tertiary/aromatic N) is 7.